The predicted octanol–water partition coefficient (Wildman–Crippen LogP) is -0.828. The molecule has 0 rings (SSSR count). The molecule has 0 aliphatic carbocycles. The number of rotatable bonds is 4. The normalized spacial score (nSPS) is 9.06. The molecule has 6 heteroatoms. The van der Waals surface area contributed by atoms with Crippen molar-refractivity contribution in [1.29, 1.82) is 0 Å². The van der Waals surface area contributed by atoms with Crippen LogP contribution in [0.25, 0.3) is 0 Å². The summed E-state index contributed by atoms with van der Waals surface area (Å²) in [6.45, 7) is 3.12. The van der Waals surface area contributed by atoms with Gasteiger partial charge >= 0.3 is 0 Å². The number of hydrogen-bond acceptors (Lipinski definition) is 5. The summed E-state index contributed by atoms with van der Waals surface area (Å²) in [6.07, 6.45) is 0. The van der Waals surface area contributed by atoms with E-state index in [-0.39, 0.29) is 13.2 Å². The van der Waals surface area contributed by atoms with E-state index in [2.05, 4.69) is 0 Å². The maximum absolute atomic E-state index is 9.00. The van der Waals surface area contributed by atoms with Crippen molar-refractivity contribution in [2.45, 2.75) is 6.92 Å². The van der Waals surface area contributed by atoms with Crippen molar-refractivity contribution in [3.05, 3.63) is 0 Å². The van der Waals surface area contributed by atoms with Gasteiger partial charge in [-0.3, -0.25) is 4.79 Å². The molecule has 0 saturated carbocycles. The smallest absolute Gasteiger partial charge is 0.300 e. The summed E-state index contributed by atoms with van der Waals surface area (Å²) < 4.78 is 0. The van der Waals surface area contributed by atoms with E-state index in [1.54, 1.807) is 0 Å². The molecular formula is C10H26N2O4. The van der Waals surface area contributed by atoms with Crippen LogP contribution in [0.15, 0.2) is 0 Å². The van der Waals surface area contributed by atoms with Gasteiger partial charge in [-0.15, -0.1) is 0 Å². The first-order chi connectivity index (χ1) is 7.27. The Balaban J connectivity index is -0.000000162. The summed E-state index contributed by atoms with van der Waals surface area (Å²) in [5.41, 5.74) is 0. The van der Waals surface area contributed by atoms with Crippen molar-refractivity contribution >= 4 is 5.97 Å². The largest absolute Gasteiger partial charge is 0.481 e. The zero-order valence-corrected chi connectivity index (χ0v) is 11.0. The van der Waals surface area contributed by atoms with E-state index in [9.17, 15) is 0 Å². The standard InChI is InChI=1S/2C4H11NO.C2H4O2/c2*1-5(2)3-4-6;1-2(3)4/h2*6H,3-4H2,1-2H3;1H3,(H,3,4). The molecule has 100 valence electrons. The number of likely N-dealkylation sites (N-methyl/N-ethyl adjacent to an activating group) is 2. The number of carboxylic acids is 1. The molecule has 0 aromatic rings. The Kier molecular flexibility index (Phi) is 21.6. The van der Waals surface area contributed by atoms with Gasteiger partial charge in [0.15, 0.2) is 0 Å². The van der Waals surface area contributed by atoms with Crippen molar-refractivity contribution in [2.75, 3.05) is 54.5 Å². The molecule has 0 aromatic carbocycles. The van der Waals surface area contributed by atoms with Crippen LogP contribution >= 0.6 is 0 Å². The molecule has 16 heavy (non-hydrogen) atoms. The first-order valence-corrected chi connectivity index (χ1v) is 4.98. The van der Waals surface area contributed by atoms with E-state index in [4.69, 9.17) is 20.1 Å². The van der Waals surface area contributed by atoms with Crippen LogP contribution in [0.2, 0.25) is 0 Å². The summed E-state index contributed by atoms with van der Waals surface area (Å²) >= 11 is 0. The molecule has 0 fully saturated rings. The Hall–Kier alpha value is -0.690. The topological polar surface area (TPSA) is 84.2 Å². The quantitative estimate of drug-likeness (QED) is 0.593. The van der Waals surface area contributed by atoms with Crippen molar-refractivity contribution < 1.29 is 20.1 Å². The molecule has 0 amide bonds. The SMILES string of the molecule is CC(=O)O.CN(C)CCO.CN(C)CCO. The number of aliphatic hydroxyl groups is 2. The van der Waals surface area contributed by atoms with Crippen LogP contribution in [0.4, 0.5) is 0 Å². The highest BCUT2D eigenvalue weighted by atomic mass is 16.4. The number of hydrogen-bond donors (Lipinski definition) is 3. The molecule has 0 aliphatic heterocycles. The Morgan fingerprint density at radius 1 is 0.938 bits per heavy atom. The lowest BCUT2D eigenvalue weighted by atomic mass is 10.6. The molecule has 0 saturated heterocycles. The lowest BCUT2D eigenvalue weighted by Gasteiger charge is -2.03. The number of carbonyl (C=O) groups is 1. The predicted molar refractivity (Wildman–Crippen MR) is 64.6 cm³/mol. The average molecular weight is 238 g/mol. The van der Waals surface area contributed by atoms with Crippen LogP contribution < -0.4 is 0 Å². The van der Waals surface area contributed by atoms with E-state index < -0.39 is 5.97 Å². The summed E-state index contributed by atoms with van der Waals surface area (Å²) in [6, 6.07) is 0. The summed E-state index contributed by atoms with van der Waals surface area (Å²) in [5.74, 6) is -0.833. The molecule has 0 radical (unpaired) electrons. The molecule has 0 aliphatic rings. The van der Waals surface area contributed by atoms with Crippen LogP contribution in [0.5, 0.6) is 0 Å². The van der Waals surface area contributed by atoms with Crippen molar-refractivity contribution in [3.8, 4) is 0 Å². The molecule has 0 atom stereocenters. The van der Waals surface area contributed by atoms with Gasteiger partial charge in [0.1, 0.15) is 0 Å². The fourth-order valence-corrected chi connectivity index (χ4v) is 0.400. The molecule has 0 aromatic heterocycles. The average Bonchev–Trinajstić information content (AvgIpc) is 2.02. The number of carboxylic acid groups (broad SMARTS) is 1. The highest BCUT2D eigenvalue weighted by molar-refractivity contribution is 5.62. The van der Waals surface area contributed by atoms with Gasteiger partial charge in [0.05, 0.1) is 13.2 Å². The minimum absolute atomic E-state index is 0.257. The lowest BCUT2D eigenvalue weighted by Crippen LogP contribution is -2.15. The number of aliphatic hydroxyl groups excluding tert-OH is 2. The van der Waals surface area contributed by atoms with Gasteiger partial charge in [-0.1, -0.05) is 0 Å². The zero-order valence-electron chi connectivity index (χ0n) is 11.0. The van der Waals surface area contributed by atoms with Crippen LogP contribution in [-0.2, 0) is 4.79 Å². The molecule has 0 bridgehead atoms. The van der Waals surface area contributed by atoms with Crippen molar-refractivity contribution in [2.24, 2.45) is 0 Å². The first kappa shape index (κ1) is 20.7. The van der Waals surface area contributed by atoms with Gasteiger partial charge in [0, 0.05) is 20.0 Å². The minimum atomic E-state index is -0.833. The van der Waals surface area contributed by atoms with Crippen LogP contribution in [-0.4, -0.2) is 85.6 Å². The van der Waals surface area contributed by atoms with Gasteiger partial charge in [-0.25, -0.2) is 0 Å². The Bertz CT molecular complexity index is 127. The maximum atomic E-state index is 9.00. The molecule has 0 spiro atoms. The molecule has 0 heterocycles. The summed E-state index contributed by atoms with van der Waals surface area (Å²) in [7, 11) is 7.71. The molecule has 3 N–H and O–H groups in total. The van der Waals surface area contributed by atoms with Gasteiger partial charge in [-0.05, 0) is 28.2 Å². The molecule has 6 nitrogen and oxygen atoms in total. The van der Waals surface area contributed by atoms with Crippen LogP contribution in [0.3, 0.4) is 0 Å². The number of nitrogens with zero attached hydrogens (tertiary/aromatic N) is 2. The third kappa shape index (κ3) is 71.5. The fourth-order valence-electron chi connectivity index (χ4n) is 0.400. The zero-order chi connectivity index (χ0) is 13.6. The molecule has 0 unspecified atom stereocenters. The van der Waals surface area contributed by atoms with Gasteiger partial charge in [-0.2, -0.15) is 0 Å². The van der Waals surface area contributed by atoms with E-state index in [1.165, 1.54) is 0 Å². The first-order valence-electron chi connectivity index (χ1n) is 4.98. The van der Waals surface area contributed by atoms with Crippen LogP contribution in [0.1, 0.15) is 6.92 Å². The maximum Gasteiger partial charge on any atom is 0.300 e. The number of aliphatic carboxylic acids is 1. The third-order valence-electron chi connectivity index (χ3n) is 1.09. The lowest BCUT2D eigenvalue weighted by molar-refractivity contribution is -0.134. The van der Waals surface area contributed by atoms with Gasteiger partial charge < -0.3 is 25.1 Å². The van der Waals surface area contributed by atoms with E-state index in [0.717, 1.165) is 20.0 Å². The van der Waals surface area contributed by atoms with Crippen LogP contribution in [0, 0.1) is 0 Å². The molecular weight excluding hydrogens is 212 g/mol. The Labute approximate surface area is 98.1 Å². The Morgan fingerprint density at radius 3 is 1.12 bits per heavy atom. The van der Waals surface area contributed by atoms with Gasteiger partial charge in [0.25, 0.3) is 5.97 Å². The second-order valence-electron chi connectivity index (χ2n) is 3.57. The minimum Gasteiger partial charge on any atom is -0.481 e. The second-order valence-corrected chi connectivity index (χ2v) is 3.57. The van der Waals surface area contributed by atoms with Crippen molar-refractivity contribution in [3.63, 3.8) is 0 Å². The fraction of sp³-hybridized carbons (Fsp3) is 0.900. The van der Waals surface area contributed by atoms with Crippen molar-refractivity contribution in [1.82, 2.24) is 9.80 Å². The van der Waals surface area contributed by atoms with E-state index in [0.29, 0.717) is 0 Å². The van der Waals surface area contributed by atoms with E-state index >= 15 is 0 Å². The Morgan fingerprint density at radius 2 is 1.12 bits per heavy atom. The highest BCUT2D eigenvalue weighted by Crippen LogP contribution is 1.66. The monoisotopic (exact) mass is 238 g/mol. The van der Waals surface area contributed by atoms with Gasteiger partial charge in [0.2, 0.25) is 0 Å². The third-order valence-corrected chi connectivity index (χ3v) is 1.09. The summed E-state index contributed by atoms with van der Waals surface area (Å²) in [5, 5.41) is 23.8. The highest BCUT2D eigenvalue weighted by Gasteiger charge is 1.81. The summed E-state index contributed by atoms with van der Waals surface area (Å²) in [4.78, 5) is 12.9. The van der Waals surface area contributed by atoms with E-state index in [1.807, 2.05) is 38.0 Å². The second kappa shape index (κ2) is 16.7.